The number of benzene rings is 2. The smallest absolute Gasteiger partial charge is 0.271 e. The molecule has 2 aromatic rings. The van der Waals surface area contributed by atoms with Gasteiger partial charge in [0.15, 0.2) is 0 Å². The van der Waals surface area contributed by atoms with E-state index in [0.29, 0.717) is 23.6 Å². The standard InChI is InChI=1S/C16H18N4O4/c21-9-8-17-14-7-6-13(20(23)24)10-15(14)18-11-16(22)19-12-4-2-1-3-5-12/h1-7,10,17-18,21H,8-9,11H2,(H,19,22). The molecule has 1 amide bonds. The Labute approximate surface area is 138 Å². The Morgan fingerprint density at radius 1 is 1.08 bits per heavy atom. The summed E-state index contributed by atoms with van der Waals surface area (Å²) in [6, 6.07) is 13.2. The molecule has 2 aromatic carbocycles. The fourth-order valence-corrected chi connectivity index (χ4v) is 2.04. The minimum absolute atomic E-state index is 0.0517. The molecule has 0 aliphatic rings. The number of amides is 1. The highest BCUT2D eigenvalue weighted by atomic mass is 16.6. The SMILES string of the molecule is O=C(CNc1cc([N+](=O)[O-])ccc1NCCO)Nc1ccccc1. The van der Waals surface area contributed by atoms with Gasteiger partial charge >= 0.3 is 0 Å². The van der Waals surface area contributed by atoms with Gasteiger partial charge in [0, 0.05) is 24.4 Å². The molecule has 0 radical (unpaired) electrons. The van der Waals surface area contributed by atoms with Gasteiger partial charge < -0.3 is 21.1 Å². The summed E-state index contributed by atoms with van der Waals surface area (Å²) < 4.78 is 0. The summed E-state index contributed by atoms with van der Waals surface area (Å²) in [7, 11) is 0. The van der Waals surface area contributed by atoms with Crippen LogP contribution < -0.4 is 16.0 Å². The number of para-hydroxylation sites is 1. The van der Waals surface area contributed by atoms with Gasteiger partial charge in [0.25, 0.3) is 5.69 Å². The average Bonchev–Trinajstić information content (AvgIpc) is 2.59. The van der Waals surface area contributed by atoms with Crippen LogP contribution in [0.3, 0.4) is 0 Å². The van der Waals surface area contributed by atoms with E-state index in [9.17, 15) is 14.9 Å². The van der Waals surface area contributed by atoms with E-state index in [1.165, 1.54) is 18.2 Å². The van der Waals surface area contributed by atoms with Crippen LogP contribution in [0.4, 0.5) is 22.7 Å². The monoisotopic (exact) mass is 330 g/mol. The lowest BCUT2D eigenvalue weighted by Crippen LogP contribution is -2.22. The van der Waals surface area contributed by atoms with Gasteiger partial charge in [0.2, 0.25) is 5.91 Å². The van der Waals surface area contributed by atoms with Crippen LogP contribution in [0.2, 0.25) is 0 Å². The predicted octanol–water partition coefficient (Wildman–Crippen LogP) is 2.05. The molecule has 0 aromatic heterocycles. The van der Waals surface area contributed by atoms with Crippen LogP contribution in [-0.4, -0.2) is 35.6 Å². The van der Waals surface area contributed by atoms with Crippen molar-refractivity contribution in [1.29, 1.82) is 0 Å². The number of rotatable bonds is 8. The fraction of sp³-hybridized carbons (Fsp3) is 0.188. The highest BCUT2D eigenvalue weighted by Crippen LogP contribution is 2.26. The lowest BCUT2D eigenvalue weighted by Gasteiger charge is -2.13. The first kappa shape index (κ1) is 17.2. The van der Waals surface area contributed by atoms with Crippen molar-refractivity contribution >= 4 is 28.7 Å². The van der Waals surface area contributed by atoms with Crippen LogP contribution in [0.5, 0.6) is 0 Å². The number of hydrogen-bond acceptors (Lipinski definition) is 6. The number of nitro groups is 1. The molecule has 0 unspecified atom stereocenters. The van der Waals surface area contributed by atoms with E-state index in [-0.39, 0.29) is 24.7 Å². The molecule has 4 N–H and O–H groups in total. The number of hydrogen-bond donors (Lipinski definition) is 4. The van der Waals surface area contributed by atoms with Crippen molar-refractivity contribution in [1.82, 2.24) is 0 Å². The Morgan fingerprint density at radius 3 is 2.50 bits per heavy atom. The Balaban J connectivity index is 2.04. The quantitative estimate of drug-likeness (QED) is 0.435. The molecule has 0 bridgehead atoms. The largest absolute Gasteiger partial charge is 0.395 e. The Hall–Kier alpha value is -3.13. The first-order chi connectivity index (χ1) is 11.6. The summed E-state index contributed by atoms with van der Waals surface area (Å²) >= 11 is 0. The molecule has 0 aliphatic carbocycles. The van der Waals surface area contributed by atoms with E-state index in [0.717, 1.165) is 0 Å². The zero-order chi connectivity index (χ0) is 17.4. The van der Waals surface area contributed by atoms with E-state index in [1.807, 2.05) is 6.07 Å². The number of aliphatic hydroxyl groups excluding tert-OH is 1. The summed E-state index contributed by atoms with van der Waals surface area (Å²) in [5.41, 5.74) is 1.57. The van der Waals surface area contributed by atoms with Gasteiger partial charge in [-0.25, -0.2) is 0 Å². The normalized spacial score (nSPS) is 10.0. The molecule has 0 heterocycles. The van der Waals surface area contributed by atoms with Crippen molar-refractivity contribution in [3.8, 4) is 0 Å². The number of carbonyl (C=O) groups is 1. The summed E-state index contributed by atoms with van der Waals surface area (Å²) in [5.74, 6) is -0.277. The lowest BCUT2D eigenvalue weighted by atomic mass is 10.2. The van der Waals surface area contributed by atoms with Crippen LogP contribution in [0, 0.1) is 10.1 Å². The van der Waals surface area contributed by atoms with Crippen molar-refractivity contribution in [2.45, 2.75) is 0 Å². The minimum atomic E-state index is -0.509. The lowest BCUT2D eigenvalue weighted by molar-refractivity contribution is -0.384. The Bertz CT molecular complexity index is 706. The number of anilines is 3. The van der Waals surface area contributed by atoms with Gasteiger partial charge in [-0.15, -0.1) is 0 Å². The van der Waals surface area contributed by atoms with Crippen LogP contribution >= 0.6 is 0 Å². The molecule has 0 aliphatic heterocycles. The van der Waals surface area contributed by atoms with Crippen LogP contribution in [-0.2, 0) is 4.79 Å². The van der Waals surface area contributed by atoms with Crippen molar-refractivity contribution in [2.75, 3.05) is 35.6 Å². The third-order valence-electron chi connectivity index (χ3n) is 3.14. The van der Waals surface area contributed by atoms with E-state index in [2.05, 4.69) is 16.0 Å². The number of carbonyl (C=O) groups excluding carboxylic acids is 1. The minimum Gasteiger partial charge on any atom is -0.395 e. The fourth-order valence-electron chi connectivity index (χ4n) is 2.04. The molecule has 0 spiro atoms. The second kappa shape index (κ2) is 8.49. The molecule has 2 rings (SSSR count). The van der Waals surface area contributed by atoms with E-state index >= 15 is 0 Å². The van der Waals surface area contributed by atoms with Gasteiger partial charge in [-0.3, -0.25) is 14.9 Å². The van der Waals surface area contributed by atoms with Crippen molar-refractivity contribution in [3.05, 3.63) is 58.6 Å². The van der Waals surface area contributed by atoms with E-state index < -0.39 is 4.92 Å². The van der Waals surface area contributed by atoms with E-state index in [1.54, 1.807) is 24.3 Å². The number of nitrogens with one attached hydrogen (secondary N) is 3. The predicted molar refractivity (Wildman–Crippen MR) is 92.2 cm³/mol. The first-order valence-electron chi connectivity index (χ1n) is 7.32. The van der Waals surface area contributed by atoms with Gasteiger partial charge in [-0.05, 0) is 18.2 Å². The van der Waals surface area contributed by atoms with Crippen molar-refractivity contribution in [2.24, 2.45) is 0 Å². The molecule has 0 saturated heterocycles. The average molecular weight is 330 g/mol. The maximum atomic E-state index is 12.0. The maximum Gasteiger partial charge on any atom is 0.271 e. The van der Waals surface area contributed by atoms with Gasteiger partial charge in [0.05, 0.1) is 29.4 Å². The molecule has 24 heavy (non-hydrogen) atoms. The topological polar surface area (TPSA) is 117 Å². The highest BCUT2D eigenvalue weighted by molar-refractivity contribution is 5.94. The summed E-state index contributed by atoms with van der Waals surface area (Å²) in [4.78, 5) is 22.3. The molecule has 8 nitrogen and oxygen atoms in total. The Morgan fingerprint density at radius 2 is 1.83 bits per heavy atom. The summed E-state index contributed by atoms with van der Waals surface area (Å²) in [6.07, 6.45) is 0. The molecule has 0 saturated carbocycles. The van der Waals surface area contributed by atoms with Crippen LogP contribution in [0.15, 0.2) is 48.5 Å². The zero-order valence-corrected chi connectivity index (χ0v) is 12.9. The van der Waals surface area contributed by atoms with Gasteiger partial charge in [-0.2, -0.15) is 0 Å². The van der Waals surface area contributed by atoms with Crippen LogP contribution in [0.1, 0.15) is 0 Å². The van der Waals surface area contributed by atoms with Gasteiger partial charge in [-0.1, -0.05) is 18.2 Å². The first-order valence-corrected chi connectivity index (χ1v) is 7.32. The summed E-state index contributed by atoms with van der Waals surface area (Å²) in [5, 5.41) is 28.3. The molecular formula is C16H18N4O4. The molecule has 0 atom stereocenters. The molecule has 8 heteroatoms. The number of aliphatic hydroxyl groups is 1. The number of nitrogens with zero attached hydrogens (tertiary/aromatic N) is 1. The third kappa shape index (κ3) is 4.96. The number of nitro benzene ring substituents is 1. The second-order valence-electron chi connectivity index (χ2n) is 4.91. The van der Waals surface area contributed by atoms with Crippen LogP contribution in [0.25, 0.3) is 0 Å². The van der Waals surface area contributed by atoms with Gasteiger partial charge in [0.1, 0.15) is 0 Å². The zero-order valence-electron chi connectivity index (χ0n) is 12.9. The third-order valence-corrected chi connectivity index (χ3v) is 3.14. The highest BCUT2D eigenvalue weighted by Gasteiger charge is 2.11. The maximum absolute atomic E-state index is 12.0. The van der Waals surface area contributed by atoms with E-state index in [4.69, 9.17) is 5.11 Å². The molecule has 0 fully saturated rings. The Kier molecular flexibility index (Phi) is 6.09. The molecular weight excluding hydrogens is 312 g/mol. The van der Waals surface area contributed by atoms with Crippen molar-refractivity contribution in [3.63, 3.8) is 0 Å². The second-order valence-corrected chi connectivity index (χ2v) is 4.91. The molecule has 126 valence electrons. The number of non-ortho nitro benzene ring substituents is 1. The van der Waals surface area contributed by atoms with Crippen molar-refractivity contribution < 1.29 is 14.8 Å². The summed E-state index contributed by atoms with van der Waals surface area (Å²) in [6.45, 7) is 0.164.